The summed E-state index contributed by atoms with van der Waals surface area (Å²) in [5.74, 6) is 0.0612. The van der Waals surface area contributed by atoms with Crippen LogP contribution >= 0.6 is 12.4 Å². The fourth-order valence-electron chi connectivity index (χ4n) is 3.83. The second-order valence-electron chi connectivity index (χ2n) is 9.15. The molecule has 3 rings (SSSR count). The second-order valence-corrected chi connectivity index (χ2v) is 9.15. The lowest BCUT2D eigenvalue weighted by Crippen LogP contribution is -2.33. The summed E-state index contributed by atoms with van der Waals surface area (Å²) in [7, 11) is 4.12. The fraction of sp³-hybridized carbons (Fsp3) is 0.387. The smallest absolute Gasteiger partial charge is 0.238 e. The molecule has 0 aliphatic carbocycles. The van der Waals surface area contributed by atoms with Gasteiger partial charge in [-0.15, -0.1) is 12.4 Å². The first-order valence-electron chi connectivity index (χ1n) is 12.8. The maximum atomic E-state index is 11.9. The van der Waals surface area contributed by atoms with E-state index in [4.69, 9.17) is 4.74 Å². The molecule has 0 radical (unpaired) electrons. The fourth-order valence-corrected chi connectivity index (χ4v) is 3.83. The van der Waals surface area contributed by atoms with Crippen molar-refractivity contribution in [2.24, 2.45) is 0 Å². The van der Waals surface area contributed by atoms with Crippen molar-refractivity contribution in [1.82, 2.24) is 9.80 Å². The summed E-state index contributed by atoms with van der Waals surface area (Å²) < 4.78 is 6.08. The van der Waals surface area contributed by atoms with Gasteiger partial charge >= 0.3 is 0 Å². The molecule has 0 spiro atoms. The third-order valence-corrected chi connectivity index (χ3v) is 6.03. The van der Waals surface area contributed by atoms with Gasteiger partial charge in [0.2, 0.25) is 5.91 Å². The molecule has 6 heteroatoms. The van der Waals surface area contributed by atoms with Gasteiger partial charge in [0.25, 0.3) is 0 Å². The van der Waals surface area contributed by atoms with Crippen LogP contribution in [0.1, 0.15) is 42.2 Å². The van der Waals surface area contributed by atoms with Crippen LogP contribution in [0.3, 0.4) is 0 Å². The maximum Gasteiger partial charge on any atom is 0.238 e. The largest absolute Gasteiger partial charge is 0.367 e. The Morgan fingerprint density at radius 3 is 1.73 bits per heavy atom. The molecule has 5 nitrogen and oxygen atoms in total. The number of ether oxygens (including phenoxy) is 1. The Balaban J connectivity index is 0.000000363. The standard InChI is InChI=1S/C17H21NO.C14H22N2O.ClH/c1-18(2)13-14-19-17(15-9-5-3-6-10-15)16-11-7-4-8-12-16;1-5-16(6-2)10-13(17)15-14-11(3)8-7-9-12(14)4;/h3-12,17H,13-14H2,1-2H3;7-9H,5-6,10H2,1-4H3,(H,15,17);1H. The van der Waals surface area contributed by atoms with E-state index in [0.29, 0.717) is 6.54 Å². The van der Waals surface area contributed by atoms with Crippen LogP contribution in [0.15, 0.2) is 78.9 Å². The molecule has 0 atom stereocenters. The molecular weight excluding hydrogens is 482 g/mol. The Kier molecular flexibility index (Phi) is 15.5. The average molecular weight is 526 g/mol. The van der Waals surface area contributed by atoms with Crippen LogP contribution < -0.4 is 5.32 Å². The van der Waals surface area contributed by atoms with Crippen LogP contribution in [-0.4, -0.2) is 62.6 Å². The summed E-state index contributed by atoms with van der Waals surface area (Å²) in [4.78, 5) is 16.1. The zero-order valence-electron chi connectivity index (χ0n) is 23.2. The van der Waals surface area contributed by atoms with Crippen molar-refractivity contribution in [2.75, 3.05) is 52.2 Å². The molecule has 0 heterocycles. The SMILES string of the molecule is CCN(CC)CC(=O)Nc1c(C)cccc1C.CN(C)CCOC(c1ccccc1)c1ccccc1.Cl. The van der Waals surface area contributed by atoms with Crippen molar-refractivity contribution in [3.05, 3.63) is 101 Å². The van der Waals surface area contributed by atoms with Gasteiger partial charge < -0.3 is 15.0 Å². The molecule has 3 aromatic carbocycles. The van der Waals surface area contributed by atoms with E-state index in [9.17, 15) is 4.79 Å². The minimum Gasteiger partial charge on any atom is -0.367 e. The van der Waals surface area contributed by atoms with Crippen molar-refractivity contribution in [2.45, 2.75) is 33.8 Å². The number of amides is 1. The molecular formula is C31H44ClN3O2. The molecule has 0 bridgehead atoms. The highest BCUT2D eigenvalue weighted by Gasteiger charge is 2.14. The molecule has 202 valence electrons. The van der Waals surface area contributed by atoms with Gasteiger partial charge in [0.05, 0.1) is 13.2 Å². The summed E-state index contributed by atoms with van der Waals surface area (Å²) in [5.41, 5.74) is 5.57. The molecule has 0 unspecified atom stereocenters. The Morgan fingerprint density at radius 2 is 1.30 bits per heavy atom. The second kappa shape index (κ2) is 17.7. The molecule has 0 aliphatic rings. The number of aryl methyl sites for hydroxylation is 2. The van der Waals surface area contributed by atoms with Gasteiger partial charge in [-0.25, -0.2) is 0 Å². The summed E-state index contributed by atoms with van der Waals surface area (Å²) in [6, 6.07) is 26.8. The van der Waals surface area contributed by atoms with Crippen LogP contribution in [0.25, 0.3) is 0 Å². The van der Waals surface area contributed by atoms with Gasteiger partial charge in [-0.1, -0.05) is 92.7 Å². The van der Waals surface area contributed by atoms with Gasteiger partial charge in [0.1, 0.15) is 6.10 Å². The van der Waals surface area contributed by atoms with E-state index in [0.717, 1.165) is 43.1 Å². The number of nitrogens with zero attached hydrogens (tertiary/aromatic N) is 2. The maximum absolute atomic E-state index is 11.9. The number of carbonyl (C=O) groups is 1. The van der Waals surface area contributed by atoms with Crippen molar-refractivity contribution in [3.8, 4) is 0 Å². The highest BCUT2D eigenvalue weighted by atomic mass is 35.5. The predicted molar refractivity (Wildman–Crippen MR) is 159 cm³/mol. The average Bonchev–Trinajstić information content (AvgIpc) is 2.89. The first kappa shape index (κ1) is 32.3. The van der Waals surface area contributed by atoms with E-state index < -0.39 is 0 Å². The first-order chi connectivity index (χ1) is 17.3. The van der Waals surface area contributed by atoms with Gasteiger partial charge in [-0.2, -0.15) is 0 Å². The molecule has 1 amide bonds. The Bertz CT molecular complexity index is 965. The topological polar surface area (TPSA) is 44.8 Å². The molecule has 0 aromatic heterocycles. The first-order valence-corrected chi connectivity index (χ1v) is 12.8. The highest BCUT2D eigenvalue weighted by molar-refractivity contribution is 5.93. The lowest BCUT2D eigenvalue weighted by molar-refractivity contribution is -0.117. The highest BCUT2D eigenvalue weighted by Crippen LogP contribution is 2.25. The summed E-state index contributed by atoms with van der Waals surface area (Å²) in [6.45, 7) is 12.1. The van der Waals surface area contributed by atoms with Gasteiger partial charge in [-0.05, 0) is 63.3 Å². The van der Waals surface area contributed by atoms with Crippen molar-refractivity contribution in [3.63, 3.8) is 0 Å². The minimum absolute atomic E-state index is 0. The van der Waals surface area contributed by atoms with Gasteiger partial charge in [0, 0.05) is 12.2 Å². The monoisotopic (exact) mass is 525 g/mol. The molecule has 0 aliphatic heterocycles. The molecule has 3 aromatic rings. The van der Waals surface area contributed by atoms with Crippen LogP contribution in [0.2, 0.25) is 0 Å². The quantitative estimate of drug-likeness (QED) is 0.316. The molecule has 37 heavy (non-hydrogen) atoms. The molecule has 0 fully saturated rings. The van der Waals surface area contributed by atoms with E-state index in [1.54, 1.807) is 0 Å². The number of halogens is 1. The lowest BCUT2D eigenvalue weighted by atomic mass is 10.0. The zero-order valence-corrected chi connectivity index (χ0v) is 24.1. The normalized spacial score (nSPS) is 10.6. The number of likely N-dealkylation sites (N-methyl/N-ethyl adjacent to an activating group) is 2. The number of para-hydroxylation sites is 1. The number of nitrogens with one attached hydrogen (secondary N) is 1. The lowest BCUT2D eigenvalue weighted by Gasteiger charge is -2.20. The van der Waals surface area contributed by atoms with E-state index in [1.807, 2.05) is 44.2 Å². The van der Waals surface area contributed by atoms with Crippen molar-refractivity contribution >= 4 is 24.0 Å². The predicted octanol–water partition coefficient (Wildman–Crippen LogP) is 6.36. The third kappa shape index (κ3) is 11.5. The number of anilines is 1. The van der Waals surface area contributed by atoms with Crippen molar-refractivity contribution in [1.29, 1.82) is 0 Å². The van der Waals surface area contributed by atoms with Crippen LogP contribution in [0.4, 0.5) is 5.69 Å². The van der Waals surface area contributed by atoms with Gasteiger partial charge in [-0.3, -0.25) is 9.69 Å². The Labute approximate surface area is 230 Å². The van der Waals surface area contributed by atoms with E-state index in [2.05, 4.69) is 91.6 Å². The summed E-state index contributed by atoms with van der Waals surface area (Å²) in [5, 5.41) is 3.00. The third-order valence-electron chi connectivity index (χ3n) is 6.03. The molecule has 1 N–H and O–H groups in total. The summed E-state index contributed by atoms with van der Waals surface area (Å²) in [6.07, 6.45) is 0.0161. The summed E-state index contributed by atoms with van der Waals surface area (Å²) >= 11 is 0. The van der Waals surface area contributed by atoms with E-state index in [1.165, 1.54) is 11.1 Å². The van der Waals surface area contributed by atoms with E-state index >= 15 is 0 Å². The minimum atomic E-state index is 0. The molecule has 0 saturated carbocycles. The Morgan fingerprint density at radius 1 is 0.811 bits per heavy atom. The number of hydrogen-bond donors (Lipinski definition) is 1. The van der Waals surface area contributed by atoms with E-state index in [-0.39, 0.29) is 24.4 Å². The molecule has 0 saturated heterocycles. The number of carbonyl (C=O) groups excluding carboxylic acids is 1. The van der Waals surface area contributed by atoms with Crippen LogP contribution in [0, 0.1) is 13.8 Å². The number of hydrogen-bond acceptors (Lipinski definition) is 4. The van der Waals surface area contributed by atoms with Crippen LogP contribution in [0.5, 0.6) is 0 Å². The number of rotatable bonds is 11. The van der Waals surface area contributed by atoms with Crippen molar-refractivity contribution < 1.29 is 9.53 Å². The zero-order chi connectivity index (χ0) is 26.3. The Hall–Kier alpha value is -2.70. The van der Waals surface area contributed by atoms with Gasteiger partial charge in [0.15, 0.2) is 0 Å². The van der Waals surface area contributed by atoms with Crippen LogP contribution in [-0.2, 0) is 9.53 Å². The number of benzene rings is 3.